The van der Waals surface area contributed by atoms with Gasteiger partial charge >= 0.3 is 0 Å². The van der Waals surface area contributed by atoms with Crippen molar-refractivity contribution in [3.63, 3.8) is 0 Å². The van der Waals surface area contributed by atoms with Crippen LogP contribution in [0.5, 0.6) is 0 Å². The normalized spacial score (nSPS) is 26.7. The summed E-state index contributed by atoms with van der Waals surface area (Å²) < 4.78 is 2.12. The van der Waals surface area contributed by atoms with Gasteiger partial charge in [-0.25, -0.2) is 4.98 Å². The Labute approximate surface area is 91.9 Å². The Morgan fingerprint density at radius 1 is 1.33 bits per heavy atom. The molecule has 1 aliphatic carbocycles. The molecule has 3 nitrogen and oxygen atoms in total. The van der Waals surface area contributed by atoms with Crippen LogP contribution in [0, 0.1) is 5.92 Å². The topological polar surface area (TPSA) is 29.9 Å². The highest BCUT2D eigenvalue weighted by molar-refractivity contribution is 4.77. The molecule has 0 aliphatic heterocycles. The van der Waals surface area contributed by atoms with Crippen LogP contribution in [0.1, 0.15) is 32.6 Å². The van der Waals surface area contributed by atoms with Crippen LogP contribution in [0.3, 0.4) is 0 Å². The maximum absolute atomic E-state index is 4.03. The van der Waals surface area contributed by atoms with Crippen molar-refractivity contribution in [3.05, 3.63) is 18.7 Å². The number of nitrogens with one attached hydrogen (secondary N) is 1. The lowest BCUT2D eigenvalue weighted by molar-refractivity contribution is 0.305. The molecule has 0 unspecified atom stereocenters. The van der Waals surface area contributed by atoms with Crippen LogP contribution in [0.15, 0.2) is 18.7 Å². The van der Waals surface area contributed by atoms with Gasteiger partial charge in [-0.2, -0.15) is 0 Å². The van der Waals surface area contributed by atoms with E-state index in [2.05, 4.69) is 21.8 Å². The summed E-state index contributed by atoms with van der Waals surface area (Å²) in [5.74, 6) is 0.941. The molecule has 0 aromatic carbocycles. The van der Waals surface area contributed by atoms with Crippen molar-refractivity contribution in [2.24, 2.45) is 5.92 Å². The van der Waals surface area contributed by atoms with Crippen molar-refractivity contribution in [3.8, 4) is 0 Å². The molecule has 0 atom stereocenters. The van der Waals surface area contributed by atoms with Crippen LogP contribution in [0.4, 0.5) is 0 Å². The van der Waals surface area contributed by atoms with Gasteiger partial charge in [0.15, 0.2) is 0 Å². The number of hydrogen-bond acceptors (Lipinski definition) is 2. The van der Waals surface area contributed by atoms with E-state index in [1.807, 2.05) is 18.7 Å². The summed E-state index contributed by atoms with van der Waals surface area (Å²) in [5.41, 5.74) is 0. The molecule has 1 fully saturated rings. The lowest BCUT2D eigenvalue weighted by Gasteiger charge is -2.27. The first kappa shape index (κ1) is 10.7. The Hall–Kier alpha value is -0.830. The molecule has 1 aromatic rings. The third kappa shape index (κ3) is 3.34. The van der Waals surface area contributed by atoms with Gasteiger partial charge < -0.3 is 9.88 Å². The average molecular weight is 207 g/mol. The van der Waals surface area contributed by atoms with E-state index in [-0.39, 0.29) is 0 Å². The van der Waals surface area contributed by atoms with E-state index >= 15 is 0 Å². The van der Waals surface area contributed by atoms with Gasteiger partial charge in [-0.15, -0.1) is 0 Å². The minimum atomic E-state index is 0.754. The predicted molar refractivity (Wildman–Crippen MR) is 61.6 cm³/mol. The fourth-order valence-electron chi connectivity index (χ4n) is 2.28. The summed E-state index contributed by atoms with van der Waals surface area (Å²) in [6.07, 6.45) is 11.2. The van der Waals surface area contributed by atoms with Gasteiger partial charge in [-0.05, 0) is 31.6 Å². The Morgan fingerprint density at radius 3 is 2.80 bits per heavy atom. The van der Waals surface area contributed by atoms with Crippen molar-refractivity contribution in [2.75, 3.05) is 6.54 Å². The van der Waals surface area contributed by atoms with Crippen LogP contribution in [-0.4, -0.2) is 22.1 Å². The molecule has 0 saturated heterocycles. The number of imidazole rings is 1. The third-order valence-electron chi connectivity index (χ3n) is 3.38. The fraction of sp³-hybridized carbons (Fsp3) is 0.750. The van der Waals surface area contributed by atoms with Crippen molar-refractivity contribution in [1.29, 1.82) is 0 Å². The van der Waals surface area contributed by atoms with E-state index in [0.717, 1.165) is 25.0 Å². The molecule has 0 bridgehead atoms. The first-order chi connectivity index (χ1) is 7.34. The summed E-state index contributed by atoms with van der Waals surface area (Å²) in [6.45, 7) is 4.46. The quantitative estimate of drug-likeness (QED) is 0.819. The summed E-state index contributed by atoms with van der Waals surface area (Å²) in [7, 11) is 0. The molecule has 1 saturated carbocycles. The Morgan fingerprint density at radius 2 is 2.13 bits per heavy atom. The molecule has 3 heteroatoms. The second-order valence-electron chi connectivity index (χ2n) is 4.71. The highest BCUT2D eigenvalue weighted by atomic mass is 15.0. The van der Waals surface area contributed by atoms with Crippen LogP contribution in [-0.2, 0) is 6.54 Å². The van der Waals surface area contributed by atoms with Gasteiger partial charge in [0.05, 0.1) is 6.33 Å². The monoisotopic (exact) mass is 207 g/mol. The van der Waals surface area contributed by atoms with Crippen LogP contribution < -0.4 is 5.32 Å². The van der Waals surface area contributed by atoms with E-state index in [1.165, 1.54) is 25.7 Å². The first-order valence-corrected chi connectivity index (χ1v) is 6.03. The lowest BCUT2D eigenvalue weighted by atomic mass is 9.87. The van der Waals surface area contributed by atoms with E-state index in [4.69, 9.17) is 0 Å². The molecule has 1 aliphatic rings. The second kappa shape index (κ2) is 5.31. The summed E-state index contributed by atoms with van der Waals surface area (Å²) in [4.78, 5) is 4.03. The Balaban J connectivity index is 1.62. The highest BCUT2D eigenvalue weighted by Crippen LogP contribution is 2.23. The minimum Gasteiger partial charge on any atom is -0.336 e. The zero-order chi connectivity index (χ0) is 10.5. The number of rotatable bonds is 4. The largest absolute Gasteiger partial charge is 0.336 e. The van der Waals surface area contributed by atoms with E-state index in [9.17, 15) is 0 Å². The van der Waals surface area contributed by atoms with Crippen LogP contribution >= 0.6 is 0 Å². The molecule has 1 heterocycles. The van der Waals surface area contributed by atoms with Gasteiger partial charge in [-0.3, -0.25) is 0 Å². The average Bonchev–Trinajstić information content (AvgIpc) is 2.74. The predicted octanol–water partition coefficient (Wildman–Crippen LogP) is 2.05. The molecule has 84 valence electrons. The fourth-order valence-corrected chi connectivity index (χ4v) is 2.28. The maximum atomic E-state index is 4.03. The molecule has 2 rings (SSSR count). The first-order valence-electron chi connectivity index (χ1n) is 6.03. The Kier molecular flexibility index (Phi) is 3.78. The molecule has 1 N–H and O–H groups in total. The molecule has 0 spiro atoms. The highest BCUT2D eigenvalue weighted by Gasteiger charge is 2.16. The van der Waals surface area contributed by atoms with Crippen LogP contribution in [0.2, 0.25) is 0 Å². The molecule has 15 heavy (non-hydrogen) atoms. The standard InChI is InChI=1S/C12H21N3/c1-11-2-4-12(5-3-11)14-7-9-15-8-6-13-10-15/h6,8,10-12,14H,2-5,7,9H2,1H3. The number of aromatic nitrogens is 2. The number of nitrogens with zero attached hydrogens (tertiary/aromatic N) is 2. The molecule has 0 amide bonds. The van der Waals surface area contributed by atoms with Crippen molar-refractivity contribution < 1.29 is 0 Å². The molecule has 1 aromatic heterocycles. The Bertz CT molecular complexity index is 260. The van der Waals surface area contributed by atoms with Gasteiger partial charge in [0, 0.05) is 31.5 Å². The molecule has 0 radical (unpaired) electrons. The SMILES string of the molecule is CC1CCC(NCCn2ccnc2)CC1. The van der Waals surface area contributed by atoms with Gasteiger partial charge in [0.2, 0.25) is 0 Å². The minimum absolute atomic E-state index is 0.754. The molecular weight excluding hydrogens is 186 g/mol. The van der Waals surface area contributed by atoms with Crippen molar-refractivity contribution >= 4 is 0 Å². The number of hydrogen-bond donors (Lipinski definition) is 1. The lowest BCUT2D eigenvalue weighted by Crippen LogP contribution is -2.34. The zero-order valence-corrected chi connectivity index (χ0v) is 9.52. The summed E-state index contributed by atoms with van der Waals surface area (Å²) in [5, 5.41) is 3.63. The van der Waals surface area contributed by atoms with Gasteiger partial charge in [0.1, 0.15) is 0 Å². The third-order valence-corrected chi connectivity index (χ3v) is 3.38. The summed E-state index contributed by atoms with van der Waals surface area (Å²) in [6, 6.07) is 0.754. The van der Waals surface area contributed by atoms with E-state index < -0.39 is 0 Å². The maximum Gasteiger partial charge on any atom is 0.0946 e. The molecular formula is C12H21N3. The van der Waals surface area contributed by atoms with Crippen molar-refractivity contribution in [1.82, 2.24) is 14.9 Å². The van der Waals surface area contributed by atoms with Gasteiger partial charge in [-0.1, -0.05) is 6.92 Å². The summed E-state index contributed by atoms with van der Waals surface area (Å²) >= 11 is 0. The van der Waals surface area contributed by atoms with E-state index in [1.54, 1.807) is 0 Å². The van der Waals surface area contributed by atoms with E-state index in [0.29, 0.717) is 0 Å². The van der Waals surface area contributed by atoms with Crippen LogP contribution in [0.25, 0.3) is 0 Å². The zero-order valence-electron chi connectivity index (χ0n) is 9.52. The van der Waals surface area contributed by atoms with Crippen molar-refractivity contribution in [2.45, 2.75) is 45.2 Å². The smallest absolute Gasteiger partial charge is 0.0946 e. The second-order valence-corrected chi connectivity index (χ2v) is 4.71. The van der Waals surface area contributed by atoms with Gasteiger partial charge in [0.25, 0.3) is 0 Å².